The van der Waals surface area contributed by atoms with E-state index in [4.69, 9.17) is 0 Å². The van der Waals surface area contributed by atoms with E-state index < -0.39 is 18.7 Å². The molecule has 2 N–H and O–H groups in total. The summed E-state index contributed by atoms with van der Waals surface area (Å²) in [7, 11) is 0. The highest BCUT2D eigenvalue weighted by Crippen LogP contribution is 2.18. The lowest BCUT2D eigenvalue weighted by Gasteiger charge is -2.27. The second-order valence-corrected chi connectivity index (χ2v) is 6.43. The molecule has 0 spiro atoms. The molecule has 0 aliphatic carbocycles. The lowest BCUT2D eigenvalue weighted by molar-refractivity contribution is -0.154. The fraction of sp³-hybridized carbons (Fsp3) is 0.263. The van der Waals surface area contributed by atoms with Crippen LogP contribution < -0.4 is 20.5 Å². The first-order chi connectivity index (χ1) is 14.2. The molecule has 1 aromatic carbocycles. The van der Waals surface area contributed by atoms with Crippen LogP contribution in [0.1, 0.15) is 11.1 Å². The molecule has 158 valence electrons. The largest absolute Gasteiger partial charge is 0.468 e. The summed E-state index contributed by atoms with van der Waals surface area (Å²) in [6, 6.07) is 9.96. The lowest BCUT2D eigenvalue weighted by atomic mass is 10.2. The van der Waals surface area contributed by atoms with Crippen LogP contribution in [0.5, 0.6) is 5.88 Å². The predicted molar refractivity (Wildman–Crippen MR) is 102 cm³/mol. The Hall–Kier alpha value is -3.63. The quantitative estimate of drug-likeness (QED) is 0.743. The summed E-state index contributed by atoms with van der Waals surface area (Å²) >= 11 is 0. The van der Waals surface area contributed by atoms with Gasteiger partial charge in [0.1, 0.15) is 6.54 Å². The summed E-state index contributed by atoms with van der Waals surface area (Å²) in [5.74, 6) is -1.16. The summed E-state index contributed by atoms with van der Waals surface area (Å²) in [5.41, 5.74) is 4.75. The molecule has 0 saturated carbocycles. The second-order valence-electron chi connectivity index (χ2n) is 6.43. The summed E-state index contributed by atoms with van der Waals surface area (Å²) < 4.78 is 41.3. The molecule has 2 amide bonds. The third kappa shape index (κ3) is 5.69. The summed E-state index contributed by atoms with van der Waals surface area (Å²) in [4.78, 5) is 32.2. The standard InChI is InChI=1S/C19H18F3N5O3/c1-12-2-4-14(5-3-12)27-16(28)10-24-17(26-27)18(29)25-9-13-6-7-23-15(8-13)30-11-19(20,21)22/h2-8H,9-11H2,1H3,(H,24,26)(H,25,29). The topological polar surface area (TPSA) is 95.9 Å². The Labute approximate surface area is 169 Å². The maximum atomic E-state index is 12.4. The molecule has 0 unspecified atom stereocenters. The Kier molecular flexibility index (Phi) is 6.19. The SMILES string of the molecule is Cc1ccc(N2NC(C(=O)NCc3ccnc(OCC(F)(F)F)c3)=NCC2=O)cc1. The molecule has 1 aliphatic heterocycles. The highest BCUT2D eigenvalue weighted by molar-refractivity contribution is 6.39. The lowest BCUT2D eigenvalue weighted by Crippen LogP contribution is -2.55. The molecule has 11 heteroatoms. The van der Waals surface area contributed by atoms with Crippen LogP contribution in [0, 0.1) is 6.92 Å². The van der Waals surface area contributed by atoms with Crippen LogP contribution in [0.3, 0.4) is 0 Å². The fourth-order valence-corrected chi connectivity index (χ4v) is 2.51. The number of aryl methyl sites for hydroxylation is 1. The summed E-state index contributed by atoms with van der Waals surface area (Å²) in [6.07, 6.45) is -3.20. The number of hydrogen-bond acceptors (Lipinski definition) is 6. The first-order valence-corrected chi connectivity index (χ1v) is 8.85. The van der Waals surface area contributed by atoms with Crippen molar-refractivity contribution in [2.24, 2.45) is 4.99 Å². The van der Waals surface area contributed by atoms with E-state index >= 15 is 0 Å². The van der Waals surface area contributed by atoms with Crippen molar-refractivity contribution in [1.82, 2.24) is 15.7 Å². The number of aliphatic imine (C=N–C) groups is 1. The number of hydrogen-bond donors (Lipinski definition) is 2. The van der Waals surface area contributed by atoms with Crippen molar-refractivity contribution < 1.29 is 27.5 Å². The second kappa shape index (κ2) is 8.80. The Morgan fingerprint density at radius 2 is 2.00 bits per heavy atom. The number of alkyl halides is 3. The van der Waals surface area contributed by atoms with E-state index in [9.17, 15) is 22.8 Å². The maximum Gasteiger partial charge on any atom is 0.422 e. The van der Waals surface area contributed by atoms with Crippen LogP contribution in [0.15, 0.2) is 47.6 Å². The number of pyridine rings is 1. The summed E-state index contributed by atoms with van der Waals surface area (Å²) in [5, 5.41) is 3.82. The van der Waals surface area contributed by atoms with Crippen LogP contribution in [0.2, 0.25) is 0 Å². The molecular formula is C19H18F3N5O3. The zero-order valence-corrected chi connectivity index (χ0v) is 15.9. The Balaban J connectivity index is 1.59. The number of carbonyl (C=O) groups is 2. The highest BCUT2D eigenvalue weighted by Gasteiger charge is 2.29. The Bertz CT molecular complexity index is 961. The van der Waals surface area contributed by atoms with Gasteiger partial charge in [-0.1, -0.05) is 17.7 Å². The zero-order valence-electron chi connectivity index (χ0n) is 15.9. The van der Waals surface area contributed by atoms with Crippen molar-refractivity contribution in [3.63, 3.8) is 0 Å². The minimum atomic E-state index is -4.47. The van der Waals surface area contributed by atoms with Gasteiger partial charge in [-0.3, -0.25) is 20.0 Å². The van der Waals surface area contributed by atoms with E-state index in [2.05, 4.69) is 25.5 Å². The van der Waals surface area contributed by atoms with Crippen molar-refractivity contribution in [2.75, 3.05) is 18.2 Å². The Morgan fingerprint density at radius 3 is 2.70 bits per heavy atom. The van der Waals surface area contributed by atoms with Crippen molar-refractivity contribution in [1.29, 1.82) is 0 Å². The molecule has 0 radical (unpaired) electrons. The van der Waals surface area contributed by atoms with Gasteiger partial charge in [0.15, 0.2) is 6.61 Å². The van der Waals surface area contributed by atoms with Gasteiger partial charge in [0.2, 0.25) is 11.7 Å². The summed E-state index contributed by atoms with van der Waals surface area (Å²) in [6.45, 7) is 0.255. The van der Waals surface area contributed by atoms with E-state index in [1.165, 1.54) is 23.3 Å². The smallest absolute Gasteiger partial charge is 0.422 e. The van der Waals surface area contributed by atoms with Crippen LogP contribution in [0.4, 0.5) is 18.9 Å². The molecule has 2 aromatic rings. The van der Waals surface area contributed by atoms with Crippen LogP contribution >= 0.6 is 0 Å². The Morgan fingerprint density at radius 1 is 1.27 bits per heavy atom. The van der Waals surface area contributed by atoms with Crippen molar-refractivity contribution in [3.05, 3.63) is 53.7 Å². The molecule has 8 nitrogen and oxygen atoms in total. The first kappa shape index (κ1) is 21.1. The van der Waals surface area contributed by atoms with Gasteiger partial charge in [-0.05, 0) is 30.7 Å². The van der Waals surface area contributed by atoms with Crippen molar-refractivity contribution >= 4 is 23.3 Å². The third-order valence-corrected chi connectivity index (χ3v) is 3.98. The van der Waals surface area contributed by atoms with Gasteiger partial charge < -0.3 is 10.1 Å². The molecular weight excluding hydrogens is 403 g/mol. The van der Waals surface area contributed by atoms with Crippen molar-refractivity contribution in [3.8, 4) is 5.88 Å². The number of carbonyl (C=O) groups excluding carboxylic acids is 2. The van der Waals surface area contributed by atoms with E-state index in [0.717, 1.165) is 5.56 Å². The first-order valence-electron chi connectivity index (χ1n) is 8.85. The van der Waals surface area contributed by atoms with Gasteiger partial charge in [-0.25, -0.2) is 9.99 Å². The van der Waals surface area contributed by atoms with E-state index in [1.807, 2.05) is 19.1 Å². The maximum absolute atomic E-state index is 12.4. The van der Waals surface area contributed by atoms with E-state index in [1.54, 1.807) is 12.1 Å². The number of anilines is 1. The molecule has 1 aromatic heterocycles. The van der Waals surface area contributed by atoms with E-state index in [0.29, 0.717) is 11.3 Å². The number of aromatic nitrogens is 1. The number of amidine groups is 1. The number of amides is 2. The average Bonchev–Trinajstić information content (AvgIpc) is 2.71. The number of halogens is 3. The van der Waals surface area contributed by atoms with Crippen LogP contribution in [0.25, 0.3) is 0 Å². The van der Waals surface area contributed by atoms with Crippen molar-refractivity contribution in [2.45, 2.75) is 19.6 Å². The molecule has 3 rings (SSSR count). The average molecular weight is 421 g/mol. The predicted octanol–water partition coefficient (Wildman–Crippen LogP) is 1.90. The minimum Gasteiger partial charge on any atom is -0.468 e. The van der Waals surface area contributed by atoms with E-state index in [-0.39, 0.29) is 30.7 Å². The van der Waals surface area contributed by atoms with Crippen LogP contribution in [-0.2, 0) is 16.1 Å². The normalized spacial score (nSPS) is 14.1. The highest BCUT2D eigenvalue weighted by atomic mass is 19.4. The van der Waals surface area contributed by atoms with Gasteiger partial charge in [-0.15, -0.1) is 0 Å². The van der Waals surface area contributed by atoms with Gasteiger partial charge in [0, 0.05) is 18.8 Å². The number of nitrogens with zero attached hydrogens (tertiary/aromatic N) is 3. The minimum absolute atomic E-state index is 0.00289. The molecule has 1 aliphatic rings. The molecule has 2 heterocycles. The molecule has 0 bridgehead atoms. The van der Waals surface area contributed by atoms with Crippen LogP contribution in [-0.4, -0.2) is 42.0 Å². The van der Waals surface area contributed by atoms with Gasteiger partial charge in [0.25, 0.3) is 11.8 Å². The number of benzene rings is 1. The van der Waals surface area contributed by atoms with Gasteiger partial charge in [-0.2, -0.15) is 13.2 Å². The monoisotopic (exact) mass is 421 g/mol. The fourth-order valence-electron chi connectivity index (χ4n) is 2.51. The van der Waals surface area contributed by atoms with Gasteiger partial charge in [0.05, 0.1) is 5.69 Å². The molecule has 0 saturated heterocycles. The number of nitrogens with one attached hydrogen (secondary N) is 2. The third-order valence-electron chi connectivity index (χ3n) is 3.98. The number of rotatable bonds is 6. The molecule has 0 fully saturated rings. The zero-order chi connectivity index (χ0) is 21.7. The molecule has 30 heavy (non-hydrogen) atoms. The number of ether oxygens (including phenoxy) is 1. The molecule has 0 atom stereocenters. The number of hydrazine groups is 1. The van der Waals surface area contributed by atoms with Gasteiger partial charge >= 0.3 is 6.18 Å².